The molecule has 0 amide bonds. The second-order valence-electron chi connectivity index (χ2n) is 5.83. The summed E-state index contributed by atoms with van der Waals surface area (Å²) in [6.07, 6.45) is 2.12. The predicted octanol–water partition coefficient (Wildman–Crippen LogP) is 2.90. The van der Waals surface area contributed by atoms with Crippen LogP contribution < -0.4 is 5.73 Å². The van der Waals surface area contributed by atoms with E-state index in [1.165, 1.54) is 6.07 Å². The third kappa shape index (κ3) is 3.95. The fourth-order valence-corrected chi connectivity index (χ4v) is 3.41. The van der Waals surface area contributed by atoms with Crippen molar-refractivity contribution in [2.45, 2.75) is 31.8 Å². The van der Waals surface area contributed by atoms with Crippen LogP contribution in [0.2, 0.25) is 5.02 Å². The first-order chi connectivity index (χ1) is 10.1. The molecule has 1 aliphatic heterocycles. The van der Waals surface area contributed by atoms with E-state index in [1.807, 2.05) is 0 Å². The molecule has 0 saturated carbocycles. The zero-order chi connectivity index (χ0) is 15.4. The molecule has 2 rings (SSSR count). The van der Waals surface area contributed by atoms with Gasteiger partial charge in [0.25, 0.3) is 0 Å². The summed E-state index contributed by atoms with van der Waals surface area (Å²) in [5.74, 6) is -0.259. The first-order valence-electron chi connectivity index (χ1n) is 7.66. The van der Waals surface area contributed by atoms with Crippen molar-refractivity contribution in [2.75, 3.05) is 33.2 Å². The molecule has 0 spiro atoms. The van der Waals surface area contributed by atoms with E-state index in [9.17, 15) is 4.39 Å². The summed E-state index contributed by atoms with van der Waals surface area (Å²) in [5, 5.41) is 0.426. The largest absolute Gasteiger partial charge is 0.329 e. The van der Waals surface area contributed by atoms with Crippen LogP contribution in [0.1, 0.15) is 31.4 Å². The van der Waals surface area contributed by atoms with Gasteiger partial charge in [0.15, 0.2) is 0 Å². The first kappa shape index (κ1) is 16.7. The van der Waals surface area contributed by atoms with Crippen molar-refractivity contribution in [1.29, 1.82) is 0 Å². The van der Waals surface area contributed by atoms with Gasteiger partial charge >= 0.3 is 0 Å². The molecule has 118 valence electrons. The Bertz CT molecular complexity index is 469. The van der Waals surface area contributed by atoms with E-state index in [2.05, 4.69) is 23.8 Å². The summed E-state index contributed by atoms with van der Waals surface area (Å²) in [7, 11) is 2.15. The fraction of sp³-hybridized carbons (Fsp3) is 0.625. The molecule has 0 aromatic heterocycles. The lowest BCUT2D eigenvalue weighted by Gasteiger charge is -2.37. The van der Waals surface area contributed by atoms with Crippen LogP contribution in [0.3, 0.4) is 0 Å². The van der Waals surface area contributed by atoms with Crippen LogP contribution in [0.5, 0.6) is 0 Å². The maximum absolute atomic E-state index is 14.3. The number of hydrogen-bond donors (Lipinski definition) is 1. The quantitative estimate of drug-likeness (QED) is 0.927. The Morgan fingerprint density at radius 2 is 2.19 bits per heavy atom. The maximum Gasteiger partial charge on any atom is 0.129 e. The predicted molar refractivity (Wildman–Crippen MR) is 86.1 cm³/mol. The lowest BCUT2D eigenvalue weighted by molar-refractivity contribution is 0.129. The van der Waals surface area contributed by atoms with Gasteiger partial charge in [0.1, 0.15) is 5.82 Å². The average molecular weight is 314 g/mol. The molecule has 1 fully saturated rings. The SMILES string of the molecule is CCC1CN(C)CCCN1C(CN)c1ccc(Cl)cc1F. The van der Waals surface area contributed by atoms with Gasteiger partial charge in [-0.25, -0.2) is 4.39 Å². The number of nitrogens with two attached hydrogens (primary N) is 1. The third-order valence-electron chi connectivity index (χ3n) is 4.36. The summed E-state index contributed by atoms with van der Waals surface area (Å²) >= 11 is 5.86. The molecule has 1 saturated heterocycles. The maximum atomic E-state index is 14.3. The summed E-state index contributed by atoms with van der Waals surface area (Å²) in [4.78, 5) is 4.72. The minimum absolute atomic E-state index is 0.0845. The highest BCUT2D eigenvalue weighted by molar-refractivity contribution is 6.30. The molecule has 0 aliphatic carbocycles. The lowest BCUT2D eigenvalue weighted by Crippen LogP contribution is -2.44. The molecule has 1 aliphatic rings. The van der Waals surface area contributed by atoms with Crippen molar-refractivity contribution in [3.63, 3.8) is 0 Å². The van der Waals surface area contributed by atoms with Crippen LogP contribution in [0.25, 0.3) is 0 Å². The Balaban J connectivity index is 2.29. The highest BCUT2D eigenvalue weighted by atomic mass is 35.5. The smallest absolute Gasteiger partial charge is 0.129 e. The summed E-state index contributed by atoms with van der Waals surface area (Å²) in [5.41, 5.74) is 6.65. The van der Waals surface area contributed by atoms with Gasteiger partial charge in [-0.05, 0) is 38.6 Å². The van der Waals surface area contributed by atoms with Gasteiger partial charge in [-0.3, -0.25) is 4.90 Å². The van der Waals surface area contributed by atoms with Gasteiger partial charge in [0.2, 0.25) is 0 Å². The van der Waals surface area contributed by atoms with Crippen LogP contribution in [0, 0.1) is 5.82 Å². The number of rotatable bonds is 4. The molecular weight excluding hydrogens is 289 g/mol. The highest BCUT2D eigenvalue weighted by Gasteiger charge is 2.29. The zero-order valence-electron chi connectivity index (χ0n) is 12.9. The Kier molecular flexibility index (Phi) is 5.99. The molecule has 1 aromatic carbocycles. The standard InChI is InChI=1S/C16H25ClFN3/c1-3-13-11-20(2)7-4-8-21(13)16(10-19)14-6-5-12(17)9-15(14)18/h5-6,9,13,16H,3-4,7-8,10-11,19H2,1-2H3. The summed E-state index contributed by atoms with van der Waals surface area (Å²) in [6.45, 7) is 5.63. The van der Waals surface area contributed by atoms with Gasteiger partial charge in [-0.2, -0.15) is 0 Å². The van der Waals surface area contributed by atoms with E-state index in [1.54, 1.807) is 12.1 Å². The van der Waals surface area contributed by atoms with Crippen molar-refractivity contribution >= 4 is 11.6 Å². The van der Waals surface area contributed by atoms with Gasteiger partial charge < -0.3 is 10.6 Å². The molecule has 3 nitrogen and oxygen atoms in total. The second kappa shape index (κ2) is 7.54. The van der Waals surface area contributed by atoms with E-state index in [0.29, 0.717) is 23.2 Å². The molecule has 2 atom stereocenters. The minimum Gasteiger partial charge on any atom is -0.329 e. The molecule has 2 unspecified atom stereocenters. The molecular formula is C16H25ClFN3. The van der Waals surface area contributed by atoms with E-state index >= 15 is 0 Å². The molecule has 5 heteroatoms. The van der Waals surface area contributed by atoms with Crippen LogP contribution in [-0.2, 0) is 0 Å². The Morgan fingerprint density at radius 1 is 1.43 bits per heavy atom. The fourth-order valence-electron chi connectivity index (χ4n) is 3.25. The number of benzene rings is 1. The van der Waals surface area contributed by atoms with Gasteiger partial charge in [0.05, 0.1) is 6.04 Å². The summed E-state index contributed by atoms with van der Waals surface area (Å²) < 4.78 is 14.3. The van der Waals surface area contributed by atoms with Crippen molar-refractivity contribution in [1.82, 2.24) is 9.80 Å². The van der Waals surface area contributed by atoms with E-state index < -0.39 is 0 Å². The van der Waals surface area contributed by atoms with Crippen molar-refractivity contribution in [3.8, 4) is 0 Å². The molecule has 0 radical (unpaired) electrons. The van der Waals surface area contributed by atoms with Gasteiger partial charge in [0, 0.05) is 36.3 Å². The number of likely N-dealkylation sites (N-methyl/N-ethyl adjacent to an activating group) is 1. The Morgan fingerprint density at radius 3 is 2.81 bits per heavy atom. The van der Waals surface area contributed by atoms with Crippen molar-refractivity contribution < 1.29 is 4.39 Å². The van der Waals surface area contributed by atoms with Crippen LogP contribution in [-0.4, -0.2) is 49.1 Å². The van der Waals surface area contributed by atoms with Crippen LogP contribution in [0.15, 0.2) is 18.2 Å². The molecule has 0 bridgehead atoms. The minimum atomic E-state index is -0.259. The van der Waals surface area contributed by atoms with Crippen LogP contribution >= 0.6 is 11.6 Å². The molecule has 1 aromatic rings. The van der Waals surface area contributed by atoms with Gasteiger partial charge in [-0.15, -0.1) is 0 Å². The lowest BCUT2D eigenvalue weighted by atomic mass is 10.0. The monoisotopic (exact) mass is 313 g/mol. The molecule has 1 heterocycles. The second-order valence-corrected chi connectivity index (χ2v) is 6.27. The summed E-state index contributed by atoms with van der Waals surface area (Å²) in [6, 6.07) is 5.22. The number of hydrogen-bond acceptors (Lipinski definition) is 3. The highest BCUT2D eigenvalue weighted by Crippen LogP contribution is 2.28. The number of nitrogens with zero attached hydrogens (tertiary/aromatic N) is 2. The Hall–Kier alpha value is -0.680. The normalized spacial score (nSPS) is 23.0. The van der Waals surface area contributed by atoms with E-state index in [4.69, 9.17) is 17.3 Å². The average Bonchev–Trinajstić information content (AvgIpc) is 2.63. The van der Waals surface area contributed by atoms with E-state index in [0.717, 1.165) is 32.5 Å². The van der Waals surface area contributed by atoms with Crippen LogP contribution in [0.4, 0.5) is 4.39 Å². The van der Waals surface area contributed by atoms with Crippen molar-refractivity contribution in [3.05, 3.63) is 34.6 Å². The topological polar surface area (TPSA) is 32.5 Å². The number of halogens is 2. The first-order valence-corrected chi connectivity index (χ1v) is 8.04. The van der Waals surface area contributed by atoms with Crippen molar-refractivity contribution in [2.24, 2.45) is 5.73 Å². The Labute approximate surface area is 131 Å². The molecule has 21 heavy (non-hydrogen) atoms. The molecule has 2 N–H and O–H groups in total. The van der Waals surface area contributed by atoms with E-state index in [-0.39, 0.29) is 11.9 Å². The van der Waals surface area contributed by atoms with Gasteiger partial charge in [-0.1, -0.05) is 24.6 Å². The third-order valence-corrected chi connectivity index (χ3v) is 4.60. The zero-order valence-corrected chi connectivity index (χ0v) is 13.6.